The van der Waals surface area contributed by atoms with Crippen molar-refractivity contribution in [3.63, 3.8) is 0 Å². The molecular weight excluding hydrogens is 669 g/mol. The van der Waals surface area contributed by atoms with Crippen LogP contribution >= 0.6 is 0 Å². The van der Waals surface area contributed by atoms with Gasteiger partial charge in [0.15, 0.2) is 5.82 Å². The second-order valence-corrected chi connectivity index (χ2v) is 14.3. The molecule has 3 heterocycles. The van der Waals surface area contributed by atoms with Gasteiger partial charge in [-0.15, -0.1) is 0 Å². The highest BCUT2D eigenvalue weighted by Gasteiger charge is 2.28. The fraction of sp³-hybridized carbons (Fsp3) is 0.378. The van der Waals surface area contributed by atoms with Gasteiger partial charge in [0.1, 0.15) is 24.1 Å². The van der Waals surface area contributed by atoms with Crippen LogP contribution in [0.3, 0.4) is 0 Å². The van der Waals surface area contributed by atoms with Crippen molar-refractivity contribution in [3.8, 4) is 17.1 Å². The molecule has 0 bridgehead atoms. The number of anilines is 3. The Morgan fingerprint density at radius 3 is 2.56 bits per heavy atom. The van der Waals surface area contributed by atoms with Crippen LogP contribution < -0.4 is 21.9 Å². The number of hydrogen-bond acceptors (Lipinski definition) is 11. The molecule has 0 aliphatic heterocycles. The number of alkyl carbamates (subject to hydrolysis) is 1. The topological polar surface area (TPSA) is 181 Å². The van der Waals surface area contributed by atoms with Crippen molar-refractivity contribution in [1.82, 2.24) is 34.6 Å². The van der Waals surface area contributed by atoms with E-state index in [9.17, 15) is 14.4 Å². The van der Waals surface area contributed by atoms with E-state index in [1.807, 2.05) is 19.9 Å². The molecule has 1 atom stereocenters. The number of benzene rings is 2. The number of nitrogen functional groups attached to an aromatic ring is 1. The minimum absolute atomic E-state index is 0.0146. The Hall–Kier alpha value is -5.86. The first-order valence-electron chi connectivity index (χ1n) is 17.1. The quantitative estimate of drug-likeness (QED) is 0.139. The zero-order chi connectivity index (χ0) is 37.3. The van der Waals surface area contributed by atoms with Crippen molar-refractivity contribution in [2.24, 2.45) is 13.0 Å². The largest absolute Gasteiger partial charge is 0.459 e. The van der Waals surface area contributed by atoms with Crippen LogP contribution in [0.1, 0.15) is 70.9 Å². The lowest BCUT2D eigenvalue weighted by molar-refractivity contribution is -0.148. The van der Waals surface area contributed by atoms with Gasteiger partial charge in [-0.25, -0.2) is 14.0 Å². The van der Waals surface area contributed by atoms with Crippen LogP contribution in [0, 0.1) is 11.7 Å². The van der Waals surface area contributed by atoms with Crippen LogP contribution in [0.5, 0.6) is 0 Å². The number of halogens is 1. The molecule has 3 aromatic heterocycles. The summed E-state index contributed by atoms with van der Waals surface area (Å²) in [6, 6.07) is 8.97. The molecular formula is C37H42FN9O5. The average Bonchev–Trinajstić information content (AvgIpc) is 3.83. The number of nitrogens with zero attached hydrogens (tertiary/aromatic N) is 6. The van der Waals surface area contributed by atoms with Gasteiger partial charge in [0, 0.05) is 30.6 Å². The molecule has 0 radical (unpaired) electrons. The highest BCUT2D eigenvalue weighted by atomic mass is 19.1. The smallest absolute Gasteiger partial charge is 0.408 e. The second-order valence-electron chi connectivity index (χ2n) is 14.3. The predicted molar refractivity (Wildman–Crippen MR) is 194 cm³/mol. The van der Waals surface area contributed by atoms with E-state index in [1.165, 1.54) is 10.6 Å². The predicted octanol–water partition coefficient (Wildman–Crippen LogP) is 5.90. The number of aryl methyl sites for hydroxylation is 1. The summed E-state index contributed by atoms with van der Waals surface area (Å²) in [5.41, 5.74) is 7.22. The Bertz CT molecular complexity index is 2200. The Morgan fingerprint density at radius 2 is 1.88 bits per heavy atom. The number of rotatable bonds is 11. The average molecular weight is 712 g/mol. The molecule has 1 saturated carbocycles. The molecule has 1 aliphatic rings. The second kappa shape index (κ2) is 14.4. The maximum Gasteiger partial charge on any atom is 0.408 e. The van der Waals surface area contributed by atoms with E-state index in [1.54, 1.807) is 75.4 Å². The summed E-state index contributed by atoms with van der Waals surface area (Å²) in [6.45, 7) is 8.61. The molecule has 6 rings (SSSR count). The number of carbonyl (C=O) groups excluding carboxylic acids is 2. The lowest BCUT2D eigenvalue weighted by Gasteiger charge is -2.24. The molecule has 272 valence electrons. The van der Waals surface area contributed by atoms with Crippen molar-refractivity contribution in [1.29, 1.82) is 0 Å². The Balaban J connectivity index is 1.42. The molecule has 52 heavy (non-hydrogen) atoms. The minimum atomic E-state index is -1.04. The number of aromatic nitrogens is 6. The lowest BCUT2D eigenvalue weighted by atomic mass is 10.0. The molecule has 0 spiro atoms. The van der Waals surface area contributed by atoms with Crippen LogP contribution in [0.15, 0.2) is 59.8 Å². The van der Waals surface area contributed by atoms with Crippen LogP contribution in [0.2, 0.25) is 0 Å². The number of carbonyl (C=O) groups is 2. The van der Waals surface area contributed by atoms with Crippen molar-refractivity contribution in [3.05, 3.63) is 82.3 Å². The summed E-state index contributed by atoms with van der Waals surface area (Å²) in [7, 11) is 1.76. The third kappa shape index (κ3) is 8.36. The zero-order valence-corrected chi connectivity index (χ0v) is 29.9. The maximum absolute atomic E-state index is 15.6. The summed E-state index contributed by atoms with van der Waals surface area (Å²) in [6.07, 6.45) is 6.36. The van der Waals surface area contributed by atoms with Crippen LogP contribution in [0.4, 0.5) is 26.8 Å². The lowest BCUT2D eigenvalue weighted by Crippen LogP contribution is -2.44. The first-order chi connectivity index (χ1) is 24.6. The molecule has 14 nitrogen and oxygen atoms in total. The SMILES string of the molecule is CC(C)CC(NC(=O)OC(C)(C)C)C(=O)OCc1c(-c2nc(N)nc(Nc3cnn(C)c3)n2)cccc1-n1ccc2cc(C3CC3)cc(F)c2c1=O. The van der Waals surface area contributed by atoms with Crippen LogP contribution in [-0.2, 0) is 27.9 Å². The summed E-state index contributed by atoms with van der Waals surface area (Å²) >= 11 is 0. The number of ether oxygens (including phenoxy) is 2. The molecule has 5 aromatic rings. The van der Waals surface area contributed by atoms with Crippen molar-refractivity contribution >= 4 is 40.4 Å². The Morgan fingerprint density at radius 1 is 1.12 bits per heavy atom. The van der Waals surface area contributed by atoms with Gasteiger partial charge in [0.05, 0.1) is 23.0 Å². The molecule has 1 aliphatic carbocycles. The third-order valence-electron chi connectivity index (χ3n) is 8.33. The molecule has 15 heteroatoms. The minimum Gasteiger partial charge on any atom is -0.459 e. The molecule has 1 unspecified atom stereocenters. The number of hydrogen-bond donors (Lipinski definition) is 3. The fourth-order valence-corrected chi connectivity index (χ4v) is 5.92. The highest BCUT2D eigenvalue weighted by molar-refractivity contribution is 5.84. The van der Waals surface area contributed by atoms with Gasteiger partial charge < -0.3 is 25.8 Å². The fourth-order valence-electron chi connectivity index (χ4n) is 5.92. The summed E-state index contributed by atoms with van der Waals surface area (Å²) in [5.74, 6) is -0.873. The van der Waals surface area contributed by atoms with E-state index in [2.05, 4.69) is 30.7 Å². The maximum atomic E-state index is 15.6. The zero-order valence-electron chi connectivity index (χ0n) is 29.9. The van der Waals surface area contributed by atoms with Crippen molar-refractivity contribution < 1.29 is 23.5 Å². The van der Waals surface area contributed by atoms with Crippen LogP contribution in [-0.4, -0.2) is 53.0 Å². The van der Waals surface area contributed by atoms with Gasteiger partial charge in [0.2, 0.25) is 11.9 Å². The molecule has 4 N–H and O–H groups in total. The summed E-state index contributed by atoms with van der Waals surface area (Å²) in [5, 5.41) is 10.3. The normalized spacial score (nSPS) is 13.6. The van der Waals surface area contributed by atoms with Gasteiger partial charge in [-0.2, -0.15) is 20.1 Å². The molecule has 1 fully saturated rings. The molecule has 2 aromatic carbocycles. The van der Waals surface area contributed by atoms with Gasteiger partial charge in [-0.05, 0) is 81.0 Å². The van der Waals surface area contributed by atoms with Crippen molar-refractivity contribution in [2.75, 3.05) is 11.1 Å². The monoisotopic (exact) mass is 711 g/mol. The number of fused-ring (bicyclic) bond motifs is 1. The van der Waals surface area contributed by atoms with E-state index in [4.69, 9.17) is 15.2 Å². The summed E-state index contributed by atoms with van der Waals surface area (Å²) < 4.78 is 29.8. The van der Waals surface area contributed by atoms with E-state index in [-0.39, 0.29) is 42.1 Å². The summed E-state index contributed by atoms with van der Waals surface area (Å²) in [4.78, 5) is 53.5. The number of amides is 1. The number of nitrogens with two attached hydrogens (primary N) is 1. The van der Waals surface area contributed by atoms with E-state index in [0.717, 1.165) is 18.4 Å². The molecule has 0 saturated heterocycles. The first-order valence-corrected chi connectivity index (χ1v) is 17.1. The molecule has 1 amide bonds. The standard InChI is InChI=1S/C37H42FN9O5/c1-20(2)14-28(42-36(50)52-37(3,4)5)33(49)51-19-26-25(31-43-34(39)45-35(44-31)41-24-17-40-46(6)18-24)8-7-9-29(26)47-13-12-22-15-23(21-10-11-21)16-27(38)30(22)32(47)48/h7-9,12-13,15-18,20-21,28H,10-11,14,19H2,1-6H3,(H,42,50)(H3,39,41,43,44,45). The van der Waals surface area contributed by atoms with E-state index >= 15 is 4.39 Å². The number of pyridine rings is 1. The Labute approximate surface area is 299 Å². The van der Waals surface area contributed by atoms with Crippen LogP contribution in [0.25, 0.3) is 27.8 Å². The van der Waals surface area contributed by atoms with E-state index < -0.39 is 35.1 Å². The van der Waals surface area contributed by atoms with Gasteiger partial charge >= 0.3 is 12.1 Å². The first kappa shape index (κ1) is 35.9. The highest BCUT2D eigenvalue weighted by Crippen LogP contribution is 2.41. The van der Waals surface area contributed by atoms with E-state index in [0.29, 0.717) is 33.8 Å². The number of esters is 1. The number of nitrogens with one attached hydrogen (secondary N) is 2. The van der Waals surface area contributed by atoms with Gasteiger partial charge in [-0.1, -0.05) is 32.0 Å². The van der Waals surface area contributed by atoms with Gasteiger partial charge in [-0.3, -0.25) is 14.0 Å². The third-order valence-corrected chi connectivity index (χ3v) is 8.33. The van der Waals surface area contributed by atoms with Crippen molar-refractivity contribution in [2.45, 2.75) is 78.0 Å². The van der Waals surface area contributed by atoms with Gasteiger partial charge in [0.25, 0.3) is 5.56 Å². The Kier molecular flexibility index (Phi) is 9.96.